The lowest BCUT2D eigenvalue weighted by Crippen LogP contribution is -2.14. The molecule has 0 aliphatic rings. The number of carbonyl (C=O) groups excluding carboxylic acids is 2. The van der Waals surface area contributed by atoms with Crippen molar-refractivity contribution in [2.75, 3.05) is 52.9 Å². The molecule has 0 aliphatic carbocycles. The Morgan fingerprint density at radius 2 is 1.10 bits per heavy atom. The first-order valence-corrected chi connectivity index (χ1v) is 9.56. The Morgan fingerprint density at radius 1 is 0.700 bits per heavy atom. The van der Waals surface area contributed by atoms with E-state index in [-0.39, 0.29) is 26.4 Å². The minimum Gasteiger partial charge on any atom is -0.491 e. The van der Waals surface area contributed by atoms with Crippen molar-refractivity contribution in [3.8, 4) is 11.5 Å². The van der Waals surface area contributed by atoms with Gasteiger partial charge < -0.3 is 28.4 Å². The highest BCUT2D eigenvalue weighted by atomic mass is 16.6. The van der Waals surface area contributed by atoms with Crippen LogP contribution in [0.15, 0.2) is 48.6 Å². The van der Waals surface area contributed by atoms with Gasteiger partial charge in [-0.15, -0.1) is 0 Å². The molecule has 1 aromatic rings. The first-order chi connectivity index (χ1) is 14.4. The van der Waals surface area contributed by atoms with Crippen LogP contribution in [0.1, 0.15) is 13.8 Å². The highest BCUT2D eigenvalue weighted by molar-refractivity contribution is 5.87. The molecule has 30 heavy (non-hydrogen) atoms. The van der Waals surface area contributed by atoms with Gasteiger partial charge >= 0.3 is 11.9 Å². The van der Waals surface area contributed by atoms with Crippen LogP contribution in [0.25, 0.3) is 0 Å². The molecule has 0 unspecified atom stereocenters. The molecule has 0 fully saturated rings. The van der Waals surface area contributed by atoms with Crippen molar-refractivity contribution in [3.63, 3.8) is 0 Å². The molecule has 1 rings (SSSR count). The minimum absolute atomic E-state index is 0.174. The van der Waals surface area contributed by atoms with Crippen LogP contribution in [0.5, 0.6) is 11.5 Å². The van der Waals surface area contributed by atoms with Gasteiger partial charge in [-0.3, -0.25) is 0 Å². The van der Waals surface area contributed by atoms with Crippen molar-refractivity contribution in [3.05, 3.63) is 48.6 Å². The van der Waals surface area contributed by atoms with Crippen molar-refractivity contribution in [1.82, 2.24) is 0 Å². The van der Waals surface area contributed by atoms with E-state index in [1.54, 1.807) is 19.9 Å². The second kappa shape index (κ2) is 15.1. The average Bonchev–Trinajstić information content (AvgIpc) is 2.72. The van der Waals surface area contributed by atoms with Gasteiger partial charge in [0.05, 0.1) is 26.4 Å². The minimum atomic E-state index is -0.428. The van der Waals surface area contributed by atoms with Crippen LogP contribution in [-0.4, -0.2) is 64.8 Å². The Hall–Kier alpha value is -2.84. The van der Waals surface area contributed by atoms with E-state index in [0.717, 1.165) is 0 Å². The molecule has 0 aliphatic heterocycles. The van der Waals surface area contributed by atoms with Gasteiger partial charge in [0.2, 0.25) is 0 Å². The van der Waals surface area contributed by atoms with Gasteiger partial charge in [-0.1, -0.05) is 19.2 Å². The Morgan fingerprint density at radius 3 is 1.50 bits per heavy atom. The first kappa shape index (κ1) is 25.2. The molecule has 0 aromatic heterocycles. The summed E-state index contributed by atoms with van der Waals surface area (Å²) in [6.07, 6.45) is 0. The molecule has 0 heterocycles. The highest BCUT2D eigenvalue weighted by Gasteiger charge is 2.03. The molecule has 0 spiro atoms. The fourth-order valence-electron chi connectivity index (χ4n) is 1.93. The zero-order chi connectivity index (χ0) is 22.2. The van der Waals surface area contributed by atoms with Crippen molar-refractivity contribution < 1.29 is 38.0 Å². The molecule has 0 radical (unpaired) electrons. The van der Waals surface area contributed by atoms with Crippen molar-refractivity contribution in [2.45, 2.75) is 13.8 Å². The van der Waals surface area contributed by atoms with Crippen LogP contribution in [0.4, 0.5) is 0 Å². The first-order valence-electron chi connectivity index (χ1n) is 9.56. The summed E-state index contributed by atoms with van der Waals surface area (Å²) in [6, 6.07) is 7.21. The quantitative estimate of drug-likeness (QED) is 0.228. The van der Waals surface area contributed by atoms with Crippen LogP contribution >= 0.6 is 0 Å². The zero-order valence-electron chi connectivity index (χ0n) is 17.6. The Kier molecular flexibility index (Phi) is 12.6. The lowest BCUT2D eigenvalue weighted by molar-refractivity contribution is -0.141. The van der Waals surface area contributed by atoms with Gasteiger partial charge in [0.15, 0.2) is 0 Å². The maximum Gasteiger partial charge on any atom is 0.333 e. The molecule has 0 saturated heterocycles. The number of hydrogen-bond acceptors (Lipinski definition) is 8. The van der Waals surface area contributed by atoms with E-state index in [4.69, 9.17) is 28.4 Å². The molecule has 0 N–H and O–H groups in total. The van der Waals surface area contributed by atoms with Gasteiger partial charge in [0, 0.05) is 17.2 Å². The van der Waals surface area contributed by atoms with Gasteiger partial charge in [0.1, 0.15) is 37.9 Å². The van der Waals surface area contributed by atoms with E-state index in [2.05, 4.69) is 13.2 Å². The van der Waals surface area contributed by atoms with E-state index in [1.807, 2.05) is 18.2 Å². The molecule has 0 atom stereocenters. The lowest BCUT2D eigenvalue weighted by Gasteiger charge is -2.10. The van der Waals surface area contributed by atoms with Gasteiger partial charge in [-0.25, -0.2) is 9.59 Å². The van der Waals surface area contributed by atoms with Crippen molar-refractivity contribution in [1.29, 1.82) is 0 Å². The summed E-state index contributed by atoms with van der Waals surface area (Å²) in [6.45, 7) is 12.5. The van der Waals surface area contributed by atoms with Gasteiger partial charge in [0.25, 0.3) is 0 Å². The number of hydrogen-bond donors (Lipinski definition) is 0. The topological polar surface area (TPSA) is 89.5 Å². The standard InChI is InChI=1S/C22H30O8/c1-17(2)21(23)29-14-10-25-8-12-27-19-6-5-7-20(16-19)28-13-9-26-11-15-30-22(24)18(3)4/h5-7,16H,1,3,8-15H2,2,4H3. The molecule has 0 saturated carbocycles. The largest absolute Gasteiger partial charge is 0.491 e. The fourth-order valence-corrected chi connectivity index (χ4v) is 1.93. The predicted molar refractivity (Wildman–Crippen MR) is 111 cm³/mol. The van der Waals surface area contributed by atoms with Crippen molar-refractivity contribution in [2.24, 2.45) is 0 Å². The number of esters is 2. The summed E-state index contributed by atoms with van der Waals surface area (Å²) in [5.74, 6) is 0.446. The summed E-state index contributed by atoms with van der Waals surface area (Å²) >= 11 is 0. The molecule has 1 aromatic carbocycles. The van der Waals surface area contributed by atoms with E-state index in [9.17, 15) is 9.59 Å². The van der Waals surface area contributed by atoms with E-state index in [0.29, 0.717) is 49.1 Å². The SMILES string of the molecule is C=C(C)C(=O)OCCOCCOc1cccc(OCCOCCOC(=O)C(=C)C)c1. The second-order valence-electron chi connectivity index (χ2n) is 6.23. The molecule has 0 amide bonds. The number of benzene rings is 1. The molecular formula is C22H30O8. The number of ether oxygens (including phenoxy) is 6. The van der Waals surface area contributed by atoms with Crippen LogP contribution in [0.2, 0.25) is 0 Å². The maximum absolute atomic E-state index is 11.2. The van der Waals surface area contributed by atoms with Crippen LogP contribution in [0.3, 0.4) is 0 Å². The van der Waals surface area contributed by atoms with Crippen LogP contribution in [-0.2, 0) is 28.5 Å². The maximum atomic E-state index is 11.2. The number of carbonyl (C=O) groups is 2. The Bertz CT molecular complexity index is 643. The highest BCUT2D eigenvalue weighted by Crippen LogP contribution is 2.19. The van der Waals surface area contributed by atoms with Crippen LogP contribution in [0, 0.1) is 0 Å². The lowest BCUT2D eigenvalue weighted by atomic mass is 10.3. The monoisotopic (exact) mass is 422 g/mol. The molecule has 0 bridgehead atoms. The fraction of sp³-hybridized carbons (Fsp3) is 0.455. The summed E-state index contributed by atoms with van der Waals surface area (Å²) in [7, 11) is 0. The Balaban J connectivity index is 2.09. The molecule has 166 valence electrons. The van der Waals surface area contributed by atoms with Gasteiger partial charge in [-0.2, -0.15) is 0 Å². The predicted octanol–water partition coefficient (Wildman–Crippen LogP) is 2.72. The third-order valence-corrected chi connectivity index (χ3v) is 3.42. The smallest absolute Gasteiger partial charge is 0.333 e. The molecular weight excluding hydrogens is 392 g/mol. The summed E-state index contributed by atoms with van der Waals surface area (Å²) in [4.78, 5) is 22.4. The average molecular weight is 422 g/mol. The number of rotatable bonds is 16. The zero-order valence-corrected chi connectivity index (χ0v) is 17.6. The van der Waals surface area contributed by atoms with Crippen LogP contribution < -0.4 is 9.47 Å². The van der Waals surface area contributed by atoms with Crippen molar-refractivity contribution >= 4 is 11.9 Å². The van der Waals surface area contributed by atoms with E-state index < -0.39 is 11.9 Å². The normalized spacial score (nSPS) is 10.2. The summed E-state index contributed by atoms with van der Waals surface area (Å²) in [5.41, 5.74) is 0.715. The van der Waals surface area contributed by atoms with E-state index >= 15 is 0 Å². The summed E-state index contributed by atoms with van der Waals surface area (Å²) < 4.78 is 31.7. The molecule has 8 nitrogen and oxygen atoms in total. The second-order valence-corrected chi connectivity index (χ2v) is 6.23. The molecule has 8 heteroatoms. The third kappa shape index (κ3) is 11.9. The van der Waals surface area contributed by atoms with E-state index in [1.165, 1.54) is 0 Å². The summed E-state index contributed by atoms with van der Waals surface area (Å²) in [5, 5.41) is 0. The Labute approximate surface area is 177 Å². The van der Waals surface area contributed by atoms with Gasteiger partial charge in [-0.05, 0) is 26.0 Å². The third-order valence-electron chi connectivity index (χ3n) is 3.42.